The van der Waals surface area contributed by atoms with Crippen molar-refractivity contribution in [2.45, 2.75) is 6.54 Å². The minimum absolute atomic E-state index is 0.0239. The molecule has 0 radical (unpaired) electrons. The molecule has 3 rings (SSSR count). The van der Waals surface area contributed by atoms with Gasteiger partial charge in [-0.3, -0.25) is 19.4 Å². The number of aromatic nitrogens is 4. The number of fused-ring (bicyclic) bond motifs is 1. The standard InChI is InChI=1S/C17H17N7O4/c1-24(11-4-2-9(3-5-11)15(27)20-7-12(25)26)8-10-6-19-14-13(21-10)16(28)23-17(18)22-14/h2-6H,7-8H2,1H3,(H,20,27)(H,25,26)(H3,18,19,22,23,28). The quantitative estimate of drug-likeness (QED) is 0.448. The highest BCUT2D eigenvalue weighted by Gasteiger charge is 2.11. The topological polar surface area (TPSA) is 167 Å². The molecule has 3 aromatic rings. The van der Waals surface area contributed by atoms with Crippen molar-refractivity contribution in [3.63, 3.8) is 0 Å². The number of nitrogens with one attached hydrogen (secondary N) is 2. The van der Waals surface area contributed by atoms with E-state index in [-0.39, 0.29) is 17.1 Å². The lowest BCUT2D eigenvalue weighted by molar-refractivity contribution is -0.135. The van der Waals surface area contributed by atoms with Crippen molar-refractivity contribution in [3.8, 4) is 0 Å². The number of aromatic amines is 1. The second-order valence-corrected chi connectivity index (χ2v) is 5.96. The number of aliphatic carboxylic acids is 1. The van der Waals surface area contributed by atoms with Crippen LogP contribution < -0.4 is 21.5 Å². The number of nitrogens with zero attached hydrogens (tertiary/aromatic N) is 4. The monoisotopic (exact) mass is 383 g/mol. The number of hydrogen-bond donors (Lipinski definition) is 4. The third kappa shape index (κ3) is 4.20. The molecule has 1 amide bonds. The van der Waals surface area contributed by atoms with Gasteiger partial charge >= 0.3 is 5.97 Å². The lowest BCUT2D eigenvalue weighted by Crippen LogP contribution is -2.29. The van der Waals surface area contributed by atoms with Crippen LogP contribution in [-0.2, 0) is 11.3 Å². The third-order valence-electron chi connectivity index (χ3n) is 3.86. The number of rotatable bonds is 6. The molecule has 0 saturated carbocycles. The molecule has 28 heavy (non-hydrogen) atoms. The van der Waals surface area contributed by atoms with E-state index in [0.717, 1.165) is 5.69 Å². The number of H-pyrrole nitrogens is 1. The fraction of sp³-hybridized carbons (Fsp3) is 0.176. The molecular weight excluding hydrogens is 366 g/mol. The van der Waals surface area contributed by atoms with Crippen molar-refractivity contribution in [1.29, 1.82) is 0 Å². The number of amides is 1. The number of nitrogen functional groups attached to an aromatic ring is 1. The van der Waals surface area contributed by atoms with Crippen molar-refractivity contribution in [2.24, 2.45) is 0 Å². The maximum atomic E-state index is 11.9. The van der Waals surface area contributed by atoms with E-state index in [0.29, 0.717) is 17.8 Å². The van der Waals surface area contributed by atoms with Crippen LogP contribution in [0.3, 0.4) is 0 Å². The van der Waals surface area contributed by atoms with Crippen LogP contribution in [0.15, 0.2) is 35.3 Å². The Morgan fingerprint density at radius 3 is 2.64 bits per heavy atom. The average Bonchev–Trinajstić information content (AvgIpc) is 2.66. The lowest BCUT2D eigenvalue weighted by atomic mass is 10.2. The molecule has 2 aromatic heterocycles. The number of benzene rings is 1. The average molecular weight is 383 g/mol. The second-order valence-electron chi connectivity index (χ2n) is 5.96. The Hall–Kier alpha value is -4.02. The number of carboxylic acid groups (broad SMARTS) is 1. The molecule has 144 valence electrons. The first-order valence-electron chi connectivity index (χ1n) is 8.16. The zero-order chi connectivity index (χ0) is 20.3. The van der Waals surface area contributed by atoms with Crippen LogP contribution in [0.4, 0.5) is 11.6 Å². The first-order chi connectivity index (χ1) is 13.3. The summed E-state index contributed by atoms with van der Waals surface area (Å²) in [7, 11) is 1.82. The van der Waals surface area contributed by atoms with Crippen molar-refractivity contribution >= 4 is 34.7 Å². The fourth-order valence-corrected chi connectivity index (χ4v) is 2.51. The third-order valence-corrected chi connectivity index (χ3v) is 3.86. The Morgan fingerprint density at radius 1 is 1.25 bits per heavy atom. The van der Waals surface area contributed by atoms with Gasteiger partial charge in [-0.1, -0.05) is 0 Å². The SMILES string of the molecule is CN(Cc1cnc2nc(N)[nH]c(=O)c2n1)c1ccc(C(=O)NCC(=O)O)cc1. The predicted molar refractivity (Wildman–Crippen MR) is 101 cm³/mol. The van der Waals surface area contributed by atoms with Gasteiger partial charge in [0.05, 0.1) is 18.4 Å². The fourth-order valence-electron chi connectivity index (χ4n) is 2.51. The first kappa shape index (κ1) is 18.8. The van der Waals surface area contributed by atoms with Crippen LogP contribution in [-0.4, -0.2) is 50.5 Å². The molecule has 2 heterocycles. The van der Waals surface area contributed by atoms with Gasteiger partial charge in [0.15, 0.2) is 11.2 Å². The van der Waals surface area contributed by atoms with Crippen molar-refractivity contribution in [3.05, 3.63) is 52.1 Å². The molecule has 0 aliphatic rings. The van der Waals surface area contributed by atoms with Gasteiger partial charge in [0.25, 0.3) is 11.5 Å². The van der Waals surface area contributed by atoms with Crippen LogP contribution >= 0.6 is 0 Å². The first-order valence-corrected chi connectivity index (χ1v) is 8.16. The second kappa shape index (κ2) is 7.70. The minimum atomic E-state index is -1.11. The summed E-state index contributed by atoms with van der Waals surface area (Å²) in [5.74, 6) is -1.61. The maximum absolute atomic E-state index is 11.9. The number of anilines is 2. The predicted octanol–water partition coefficient (Wildman–Crippen LogP) is -0.254. The van der Waals surface area contributed by atoms with E-state index in [2.05, 4.69) is 25.3 Å². The summed E-state index contributed by atoms with van der Waals surface area (Å²) < 4.78 is 0. The molecule has 0 saturated heterocycles. The highest BCUT2D eigenvalue weighted by Crippen LogP contribution is 2.16. The van der Waals surface area contributed by atoms with E-state index < -0.39 is 24.0 Å². The van der Waals surface area contributed by atoms with Crippen LogP contribution in [0, 0.1) is 0 Å². The van der Waals surface area contributed by atoms with Gasteiger partial charge in [0, 0.05) is 18.3 Å². The number of carbonyl (C=O) groups excluding carboxylic acids is 1. The Bertz CT molecular complexity index is 1090. The lowest BCUT2D eigenvalue weighted by Gasteiger charge is -2.19. The van der Waals surface area contributed by atoms with Gasteiger partial charge in [-0.05, 0) is 24.3 Å². The molecule has 11 nitrogen and oxygen atoms in total. The van der Waals surface area contributed by atoms with Gasteiger partial charge in [0.2, 0.25) is 5.95 Å². The Morgan fingerprint density at radius 2 is 1.96 bits per heavy atom. The largest absolute Gasteiger partial charge is 0.480 e. The van der Waals surface area contributed by atoms with E-state index >= 15 is 0 Å². The minimum Gasteiger partial charge on any atom is -0.480 e. The zero-order valence-electron chi connectivity index (χ0n) is 14.8. The summed E-state index contributed by atoms with van der Waals surface area (Å²) in [6, 6.07) is 6.62. The van der Waals surface area contributed by atoms with Crippen LogP contribution in [0.5, 0.6) is 0 Å². The van der Waals surface area contributed by atoms with Crippen molar-refractivity contribution in [2.75, 3.05) is 24.2 Å². The molecule has 11 heteroatoms. The zero-order valence-corrected chi connectivity index (χ0v) is 14.8. The molecule has 0 bridgehead atoms. The summed E-state index contributed by atoms with van der Waals surface area (Å²) in [6.07, 6.45) is 1.51. The number of carboxylic acids is 1. The molecule has 0 aliphatic carbocycles. The number of nitrogens with two attached hydrogens (primary N) is 1. The molecule has 0 aliphatic heterocycles. The molecule has 0 atom stereocenters. The highest BCUT2D eigenvalue weighted by atomic mass is 16.4. The molecule has 1 aromatic carbocycles. The van der Waals surface area contributed by atoms with Gasteiger partial charge < -0.3 is 21.1 Å². The van der Waals surface area contributed by atoms with Gasteiger partial charge in [-0.2, -0.15) is 4.98 Å². The molecule has 5 N–H and O–H groups in total. The van der Waals surface area contributed by atoms with E-state index in [1.54, 1.807) is 24.3 Å². The van der Waals surface area contributed by atoms with E-state index in [4.69, 9.17) is 10.8 Å². The summed E-state index contributed by atoms with van der Waals surface area (Å²) in [6.45, 7) is -0.0852. The number of hydrogen-bond acceptors (Lipinski definition) is 8. The van der Waals surface area contributed by atoms with Crippen LogP contribution in [0.2, 0.25) is 0 Å². The maximum Gasteiger partial charge on any atom is 0.322 e. The van der Waals surface area contributed by atoms with Crippen molar-refractivity contribution in [1.82, 2.24) is 25.3 Å². The smallest absolute Gasteiger partial charge is 0.322 e. The van der Waals surface area contributed by atoms with Gasteiger partial charge in [-0.15, -0.1) is 0 Å². The summed E-state index contributed by atoms with van der Waals surface area (Å²) in [4.78, 5) is 50.9. The van der Waals surface area contributed by atoms with Gasteiger partial charge in [-0.25, -0.2) is 9.97 Å². The molecule has 0 unspecified atom stereocenters. The summed E-state index contributed by atoms with van der Waals surface area (Å²) in [5, 5.41) is 10.9. The van der Waals surface area contributed by atoms with Crippen LogP contribution in [0.25, 0.3) is 11.2 Å². The Balaban J connectivity index is 1.73. The normalized spacial score (nSPS) is 10.6. The van der Waals surface area contributed by atoms with E-state index in [1.807, 2.05) is 11.9 Å². The summed E-state index contributed by atoms with van der Waals surface area (Å²) >= 11 is 0. The summed E-state index contributed by atoms with van der Waals surface area (Å²) in [5.41, 5.74) is 6.99. The molecule has 0 fully saturated rings. The van der Waals surface area contributed by atoms with E-state index in [9.17, 15) is 14.4 Å². The van der Waals surface area contributed by atoms with E-state index in [1.165, 1.54) is 6.20 Å². The highest BCUT2D eigenvalue weighted by molar-refractivity contribution is 5.96. The molecular formula is C17H17N7O4. The van der Waals surface area contributed by atoms with Gasteiger partial charge in [0.1, 0.15) is 6.54 Å². The Kier molecular flexibility index (Phi) is 5.16. The Labute approximate surface area is 158 Å². The van der Waals surface area contributed by atoms with Crippen LogP contribution in [0.1, 0.15) is 16.1 Å². The van der Waals surface area contributed by atoms with Crippen molar-refractivity contribution < 1.29 is 14.7 Å². The molecule has 0 spiro atoms. The number of carbonyl (C=O) groups is 2.